The maximum Gasteiger partial charge on any atom is 0.269 e. The number of guanidine groups is 2. The average Bonchev–Trinajstić information content (AvgIpc) is 2.55. The van der Waals surface area contributed by atoms with Gasteiger partial charge in [0.2, 0.25) is 11.9 Å². The van der Waals surface area contributed by atoms with Crippen LogP contribution in [0.2, 0.25) is 0 Å². The highest BCUT2D eigenvalue weighted by Crippen LogP contribution is 2.28. The molecule has 2 aromatic carbocycles. The summed E-state index contributed by atoms with van der Waals surface area (Å²) in [5.74, 6) is 0.462. The van der Waals surface area contributed by atoms with Crippen LogP contribution in [0.4, 0.5) is 11.4 Å². The molecule has 0 amide bonds. The van der Waals surface area contributed by atoms with Crippen molar-refractivity contribution in [2.75, 3.05) is 4.90 Å². The molecule has 26 heavy (non-hydrogen) atoms. The maximum absolute atomic E-state index is 10.7. The van der Waals surface area contributed by atoms with Crippen molar-refractivity contribution in [1.82, 2.24) is 0 Å². The lowest BCUT2D eigenvalue weighted by atomic mass is 10.0. The second kappa shape index (κ2) is 6.47. The molecular weight excluding hydrogens is 332 g/mol. The highest BCUT2D eigenvalue weighted by molar-refractivity contribution is 6.05. The number of rotatable bonds is 4. The van der Waals surface area contributed by atoms with Gasteiger partial charge in [-0.1, -0.05) is 24.3 Å². The van der Waals surface area contributed by atoms with Crippen LogP contribution < -0.4 is 16.4 Å². The quantitative estimate of drug-likeness (QED) is 0.646. The molecule has 2 aromatic rings. The Hall–Kier alpha value is -3.42. The summed E-state index contributed by atoms with van der Waals surface area (Å²) < 4.78 is 0. The van der Waals surface area contributed by atoms with Crippen LogP contribution in [0.25, 0.3) is 0 Å². The van der Waals surface area contributed by atoms with E-state index in [9.17, 15) is 10.1 Å². The van der Waals surface area contributed by atoms with E-state index in [0.29, 0.717) is 12.4 Å². The topological polar surface area (TPSA) is 123 Å². The Morgan fingerprint density at radius 3 is 2.08 bits per heavy atom. The van der Waals surface area contributed by atoms with Gasteiger partial charge in [-0.05, 0) is 43.5 Å². The molecule has 8 heteroatoms. The van der Waals surface area contributed by atoms with E-state index in [1.165, 1.54) is 12.1 Å². The van der Waals surface area contributed by atoms with Gasteiger partial charge in [-0.3, -0.25) is 15.0 Å². The van der Waals surface area contributed by atoms with Crippen molar-refractivity contribution in [2.45, 2.75) is 25.9 Å². The van der Waals surface area contributed by atoms with Crippen LogP contribution in [0.15, 0.2) is 58.5 Å². The molecule has 8 nitrogen and oxygen atoms in total. The second-order valence-electron chi connectivity index (χ2n) is 6.54. The van der Waals surface area contributed by atoms with E-state index in [4.69, 9.17) is 11.5 Å². The maximum atomic E-state index is 10.7. The summed E-state index contributed by atoms with van der Waals surface area (Å²) >= 11 is 0. The van der Waals surface area contributed by atoms with E-state index in [-0.39, 0.29) is 11.6 Å². The number of aliphatic imine (C=N–C) groups is 2. The molecule has 0 atom stereocenters. The lowest BCUT2D eigenvalue weighted by Crippen LogP contribution is -2.54. The van der Waals surface area contributed by atoms with Crippen molar-refractivity contribution in [1.29, 1.82) is 0 Å². The van der Waals surface area contributed by atoms with Gasteiger partial charge in [-0.2, -0.15) is 4.99 Å². The average molecular weight is 352 g/mol. The van der Waals surface area contributed by atoms with Crippen LogP contribution in [0, 0.1) is 10.1 Å². The predicted octanol–water partition coefficient (Wildman–Crippen LogP) is 2.37. The number of anilines is 1. The van der Waals surface area contributed by atoms with Gasteiger partial charge in [-0.15, -0.1) is 0 Å². The number of benzene rings is 2. The molecule has 0 aliphatic carbocycles. The van der Waals surface area contributed by atoms with Gasteiger partial charge in [-0.25, -0.2) is 4.99 Å². The molecule has 0 aromatic heterocycles. The van der Waals surface area contributed by atoms with Gasteiger partial charge < -0.3 is 11.5 Å². The number of nitrogens with two attached hydrogens (primary N) is 2. The predicted molar refractivity (Wildman–Crippen MR) is 102 cm³/mol. The second-order valence-corrected chi connectivity index (χ2v) is 6.54. The SMILES string of the molecule is CC1(C)N=C(N)N=C(N)N1c1ccc(Cc2ccc([N+](=O)[O-])cc2)cc1. The van der Waals surface area contributed by atoms with Crippen molar-refractivity contribution in [2.24, 2.45) is 21.5 Å². The Bertz CT molecular complexity index is 885. The fourth-order valence-corrected chi connectivity index (χ4v) is 2.99. The van der Waals surface area contributed by atoms with Crippen LogP contribution in [-0.4, -0.2) is 22.5 Å². The molecule has 0 unspecified atom stereocenters. The summed E-state index contributed by atoms with van der Waals surface area (Å²) in [5.41, 5.74) is 14.1. The van der Waals surface area contributed by atoms with Crippen molar-refractivity contribution in [3.05, 3.63) is 69.8 Å². The van der Waals surface area contributed by atoms with Crippen molar-refractivity contribution in [3.63, 3.8) is 0 Å². The molecule has 4 N–H and O–H groups in total. The summed E-state index contributed by atoms with van der Waals surface area (Å²) in [4.78, 5) is 20.5. The first-order valence-electron chi connectivity index (χ1n) is 8.08. The molecule has 0 bridgehead atoms. The van der Waals surface area contributed by atoms with Crippen LogP contribution in [0.1, 0.15) is 25.0 Å². The highest BCUT2D eigenvalue weighted by atomic mass is 16.6. The molecule has 1 heterocycles. The van der Waals surface area contributed by atoms with E-state index in [2.05, 4.69) is 9.98 Å². The van der Waals surface area contributed by atoms with Crippen LogP contribution in [0.3, 0.4) is 0 Å². The zero-order valence-electron chi connectivity index (χ0n) is 14.6. The van der Waals surface area contributed by atoms with Gasteiger partial charge in [0.1, 0.15) is 5.66 Å². The number of nitro benzene ring substituents is 1. The van der Waals surface area contributed by atoms with Gasteiger partial charge >= 0.3 is 0 Å². The third kappa shape index (κ3) is 3.49. The fourth-order valence-electron chi connectivity index (χ4n) is 2.99. The van der Waals surface area contributed by atoms with Crippen molar-refractivity contribution in [3.8, 4) is 0 Å². The minimum atomic E-state index is -0.629. The number of non-ortho nitro benzene ring substituents is 1. The monoisotopic (exact) mass is 352 g/mol. The molecule has 1 aliphatic heterocycles. The lowest BCUT2D eigenvalue weighted by Gasteiger charge is -2.38. The zero-order chi connectivity index (χ0) is 18.9. The Balaban J connectivity index is 1.78. The molecule has 3 rings (SSSR count). The van der Waals surface area contributed by atoms with E-state index < -0.39 is 10.6 Å². The van der Waals surface area contributed by atoms with E-state index in [1.54, 1.807) is 12.1 Å². The van der Waals surface area contributed by atoms with E-state index in [1.807, 2.05) is 43.0 Å². The summed E-state index contributed by atoms with van der Waals surface area (Å²) in [6, 6.07) is 14.4. The number of nitrogens with zero attached hydrogens (tertiary/aromatic N) is 4. The standard InChI is InChI=1S/C18H20N6O2/c1-18(2)22-16(19)21-17(20)23(18)14-7-3-12(4-8-14)11-13-5-9-15(10-6-13)24(25)26/h3-10H,11H2,1-2H3,(H4,19,20,21,22). The van der Waals surface area contributed by atoms with Gasteiger partial charge in [0.15, 0.2) is 0 Å². The minimum Gasteiger partial charge on any atom is -0.369 e. The Morgan fingerprint density at radius 2 is 1.58 bits per heavy atom. The normalized spacial score (nSPS) is 16.0. The first-order valence-corrected chi connectivity index (χ1v) is 8.08. The van der Waals surface area contributed by atoms with Gasteiger partial charge in [0.05, 0.1) is 4.92 Å². The zero-order valence-corrected chi connectivity index (χ0v) is 14.6. The van der Waals surface area contributed by atoms with Gasteiger partial charge in [0, 0.05) is 17.8 Å². The summed E-state index contributed by atoms with van der Waals surface area (Å²) in [6.45, 7) is 3.82. The molecule has 0 radical (unpaired) electrons. The highest BCUT2D eigenvalue weighted by Gasteiger charge is 2.32. The summed E-state index contributed by atoms with van der Waals surface area (Å²) in [5, 5.41) is 10.7. The molecule has 0 spiro atoms. The van der Waals surface area contributed by atoms with Crippen LogP contribution in [0.5, 0.6) is 0 Å². The van der Waals surface area contributed by atoms with E-state index in [0.717, 1.165) is 16.8 Å². The summed E-state index contributed by atoms with van der Waals surface area (Å²) in [7, 11) is 0. The largest absolute Gasteiger partial charge is 0.369 e. The van der Waals surface area contributed by atoms with Crippen LogP contribution >= 0.6 is 0 Å². The molecule has 1 aliphatic rings. The number of hydrogen-bond donors (Lipinski definition) is 2. The Morgan fingerprint density at radius 1 is 1.04 bits per heavy atom. The fraction of sp³-hybridized carbons (Fsp3) is 0.222. The molecular formula is C18H20N6O2. The van der Waals surface area contributed by atoms with Crippen LogP contribution in [-0.2, 0) is 6.42 Å². The number of nitro groups is 1. The first kappa shape index (κ1) is 17.4. The third-order valence-electron chi connectivity index (χ3n) is 4.14. The molecule has 0 fully saturated rings. The van der Waals surface area contributed by atoms with E-state index >= 15 is 0 Å². The molecule has 134 valence electrons. The van der Waals surface area contributed by atoms with Gasteiger partial charge in [0.25, 0.3) is 5.69 Å². The smallest absolute Gasteiger partial charge is 0.269 e. The minimum absolute atomic E-state index is 0.0889. The Kier molecular flexibility index (Phi) is 4.33. The lowest BCUT2D eigenvalue weighted by molar-refractivity contribution is -0.384. The first-order chi connectivity index (χ1) is 12.3. The summed E-state index contributed by atoms with van der Waals surface area (Å²) in [6.07, 6.45) is 0.677. The third-order valence-corrected chi connectivity index (χ3v) is 4.14. The number of hydrogen-bond acceptors (Lipinski definition) is 7. The molecule has 0 saturated heterocycles. The Labute approximate surface area is 151 Å². The van der Waals surface area contributed by atoms with Crippen molar-refractivity contribution < 1.29 is 4.92 Å². The van der Waals surface area contributed by atoms with Crippen molar-refractivity contribution >= 4 is 23.3 Å². The molecule has 0 saturated carbocycles.